The summed E-state index contributed by atoms with van der Waals surface area (Å²) in [4.78, 5) is 43.1. The monoisotopic (exact) mass is 455 g/mol. The molecule has 1 aliphatic rings. The van der Waals surface area contributed by atoms with Crippen LogP contribution in [0.25, 0.3) is 0 Å². The number of carbonyl (C=O) groups excluding carboxylic acids is 3. The van der Waals surface area contributed by atoms with Crippen LogP contribution in [-0.2, 0) is 29.0 Å². The summed E-state index contributed by atoms with van der Waals surface area (Å²) in [6, 6.07) is 7.35. The van der Waals surface area contributed by atoms with E-state index in [1.807, 2.05) is 44.4 Å². The Labute approximate surface area is 194 Å². The fraction of sp³-hybridized carbons (Fsp3) is 0.480. The number of ketones is 1. The van der Waals surface area contributed by atoms with Crippen molar-refractivity contribution in [1.82, 2.24) is 9.63 Å². The first-order valence-electron chi connectivity index (χ1n) is 11.3. The van der Waals surface area contributed by atoms with Crippen molar-refractivity contribution < 1.29 is 24.0 Å². The molecule has 0 bridgehead atoms. The van der Waals surface area contributed by atoms with Gasteiger partial charge in [-0.3, -0.25) is 10.1 Å². The zero-order valence-corrected chi connectivity index (χ0v) is 20.3. The van der Waals surface area contributed by atoms with Gasteiger partial charge in [0.2, 0.25) is 0 Å². The van der Waals surface area contributed by atoms with Crippen LogP contribution in [0.4, 0.5) is 10.5 Å². The van der Waals surface area contributed by atoms with Crippen molar-refractivity contribution in [2.75, 3.05) is 19.4 Å². The Hall–Kier alpha value is -3.13. The molecule has 0 saturated heterocycles. The van der Waals surface area contributed by atoms with Crippen molar-refractivity contribution in [2.24, 2.45) is 0 Å². The molecule has 1 N–H and O–H groups in total. The van der Waals surface area contributed by atoms with Gasteiger partial charge in [0.05, 0.1) is 0 Å². The lowest BCUT2D eigenvalue weighted by Crippen LogP contribution is -2.27. The van der Waals surface area contributed by atoms with Crippen LogP contribution in [0.3, 0.4) is 0 Å². The van der Waals surface area contributed by atoms with Crippen molar-refractivity contribution in [3.8, 4) is 0 Å². The predicted octanol–water partition coefficient (Wildman–Crippen LogP) is 4.60. The number of rotatable bonds is 6. The summed E-state index contributed by atoms with van der Waals surface area (Å²) >= 11 is 0. The molecule has 0 fully saturated rings. The van der Waals surface area contributed by atoms with Crippen LogP contribution in [-0.4, -0.2) is 47.2 Å². The van der Waals surface area contributed by atoms with E-state index in [1.165, 1.54) is 5.06 Å². The Morgan fingerprint density at radius 3 is 2.36 bits per heavy atom. The standard InChI is InChI=1S/C25H33N3O5/c1-7-18-21-19(9-8-10-20(21)29)28(22(18)23(30)33-27(5)6)15-16-11-13-17(14-12-16)26-24(31)32-25(2,3)4/h11-14H,7-10,15H2,1-6H3,(H,26,31). The van der Waals surface area contributed by atoms with Gasteiger partial charge in [0.15, 0.2) is 5.78 Å². The summed E-state index contributed by atoms with van der Waals surface area (Å²) < 4.78 is 7.21. The number of ether oxygens (including phenoxy) is 1. The highest BCUT2D eigenvalue weighted by molar-refractivity contribution is 6.03. The maximum atomic E-state index is 13.0. The lowest BCUT2D eigenvalue weighted by molar-refractivity contribution is -0.0722. The summed E-state index contributed by atoms with van der Waals surface area (Å²) in [6.07, 6.45) is 2.05. The van der Waals surface area contributed by atoms with Gasteiger partial charge in [-0.15, -0.1) is 5.06 Å². The molecule has 2 aromatic rings. The van der Waals surface area contributed by atoms with Crippen LogP contribution in [0.15, 0.2) is 24.3 Å². The van der Waals surface area contributed by atoms with E-state index < -0.39 is 17.7 Å². The normalized spacial score (nSPS) is 13.6. The van der Waals surface area contributed by atoms with E-state index in [-0.39, 0.29) is 5.78 Å². The van der Waals surface area contributed by atoms with E-state index >= 15 is 0 Å². The highest BCUT2D eigenvalue weighted by atomic mass is 16.7. The molecule has 1 aliphatic carbocycles. The molecular weight excluding hydrogens is 422 g/mol. The number of fused-ring (bicyclic) bond motifs is 1. The number of nitrogens with zero attached hydrogens (tertiary/aromatic N) is 2. The lowest BCUT2D eigenvalue weighted by atomic mass is 9.92. The molecule has 3 rings (SSSR count). The van der Waals surface area contributed by atoms with Crippen LogP contribution in [0, 0.1) is 0 Å². The van der Waals surface area contributed by atoms with Crippen LogP contribution in [0.1, 0.15) is 78.2 Å². The van der Waals surface area contributed by atoms with Gasteiger partial charge in [-0.25, -0.2) is 9.59 Å². The third-order valence-corrected chi connectivity index (χ3v) is 5.32. The smallest absolute Gasteiger partial charge is 0.412 e. The zero-order valence-electron chi connectivity index (χ0n) is 20.3. The summed E-state index contributed by atoms with van der Waals surface area (Å²) in [5.74, 6) is -0.384. The van der Waals surface area contributed by atoms with Crippen molar-refractivity contribution in [3.05, 3.63) is 52.3 Å². The molecule has 8 heteroatoms. The summed E-state index contributed by atoms with van der Waals surface area (Å²) in [5.41, 5.74) is 3.72. The molecule has 0 spiro atoms. The van der Waals surface area contributed by atoms with Gasteiger partial charge in [0.25, 0.3) is 0 Å². The molecule has 33 heavy (non-hydrogen) atoms. The third-order valence-electron chi connectivity index (χ3n) is 5.32. The molecule has 0 atom stereocenters. The van der Waals surface area contributed by atoms with Gasteiger partial charge in [0, 0.05) is 44.0 Å². The minimum absolute atomic E-state index is 0.0858. The average molecular weight is 456 g/mol. The topological polar surface area (TPSA) is 89.9 Å². The maximum absolute atomic E-state index is 13.0. The van der Waals surface area contributed by atoms with E-state index in [4.69, 9.17) is 9.57 Å². The largest absolute Gasteiger partial charge is 0.444 e. The second-order valence-corrected chi connectivity index (χ2v) is 9.38. The van der Waals surface area contributed by atoms with E-state index in [2.05, 4.69) is 5.32 Å². The first-order chi connectivity index (χ1) is 15.5. The van der Waals surface area contributed by atoms with Gasteiger partial charge in [0.1, 0.15) is 11.3 Å². The Kier molecular flexibility index (Phi) is 7.27. The van der Waals surface area contributed by atoms with E-state index in [9.17, 15) is 14.4 Å². The Bertz CT molecular complexity index is 1050. The first kappa shape index (κ1) is 24.5. The zero-order chi connectivity index (χ0) is 24.3. The van der Waals surface area contributed by atoms with E-state index in [0.717, 1.165) is 29.7 Å². The van der Waals surface area contributed by atoms with Crippen LogP contribution in [0.5, 0.6) is 0 Å². The van der Waals surface area contributed by atoms with Crippen LogP contribution < -0.4 is 5.32 Å². The fourth-order valence-electron chi connectivity index (χ4n) is 4.11. The van der Waals surface area contributed by atoms with Crippen LogP contribution >= 0.6 is 0 Å². The molecule has 8 nitrogen and oxygen atoms in total. The quantitative estimate of drug-likeness (QED) is 0.641. The lowest BCUT2D eigenvalue weighted by Gasteiger charge is -2.20. The number of amides is 1. The summed E-state index contributed by atoms with van der Waals surface area (Å²) in [7, 11) is 3.30. The molecule has 1 amide bonds. The molecule has 178 valence electrons. The number of carbonyl (C=O) groups is 3. The first-order valence-corrected chi connectivity index (χ1v) is 11.3. The van der Waals surface area contributed by atoms with Gasteiger partial charge in [-0.2, -0.15) is 0 Å². The van der Waals surface area contributed by atoms with Crippen molar-refractivity contribution in [2.45, 2.75) is 65.5 Å². The molecule has 0 unspecified atom stereocenters. The predicted molar refractivity (Wildman–Crippen MR) is 126 cm³/mol. The highest BCUT2D eigenvalue weighted by Crippen LogP contribution is 2.32. The molecule has 1 aromatic heterocycles. The van der Waals surface area contributed by atoms with Crippen molar-refractivity contribution >= 4 is 23.5 Å². The number of hydrogen-bond donors (Lipinski definition) is 1. The summed E-state index contributed by atoms with van der Waals surface area (Å²) in [5, 5.41) is 4.08. The Morgan fingerprint density at radius 1 is 1.12 bits per heavy atom. The number of benzene rings is 1. The number of Topliss-reactive ketones (excluding diaryl/α,β-unsaturated/α-hetero) is 1. The third kappa shape index (κ3) is 5.82. The number of anilines is 1. The fourth-order valence-corrected chi connectivity index (χ4v) is 4.11. The second-order valence-electron chi connectivity index (χ2n) is 9.38. The van der Waals surface area contributed by atoms with Gasteiger partial charge in [-0.1, -0.05) is 19.1 Å². The van der Waals surface area contributed by atoms with Gasteiger partial charge >= 0.3 is 12.1 Å². The molecular formula is C25H33N3O5. The van der Waals surface area contributed by atoms with Crippen molar-refractivity contribution in [1.29, 1.82) is 0 Å². The molecule has 0 radical (unpaired) electrons. The summed E-state index contributed by atoms with van der Waals surface area (Å²) in [6.45, 7) is 7.79. The maximum Gasteiger partial charge on any atom is 0.412 e. The van der Waals surface area contributed by atoms with Gasteiger partial charge in [-0.05, 0) is 63.3 Å². The molecule has 0 saturated carbocycles. The Morgan fingerprint density at radius 2 is 1.79 bits per heavy atom. The number of hydroxylamine groups is 2. The molecule has 1 aromatic carbocycles. The Balaban J connectivity index is 1.92. The molecule has 0 aliphatic heterocycles. The average Bonchev–Trinajstić information content (AvgIpc) is 3.02. The second kappa shape index (κ2) is 9.79. The number of hydrogen-bond acceptors (Lipinski definition) is 6. The van der Waals surface area contributed by atoms with E-state index in [1.54, 1.807) is 26.2 Å². The highest BCUT2D eigenvalue weighted by Gasteiger charge is 2.32. The van der Waals surface area contributed by atoms with Gasteiger partial charge < -0.3 is 14.1 Å². The van der Waals surface area contributed by atoms with Crippen LogP contribution in [0.2, 0.25) is 0 Å². The molecule has 1 heterocycles. The van der Waals surface area contributed by atoms with E-state index in [0.29, 0.717) is 36.3 Å². The van der Waals surface area contributed by atoms with Crippen molar-refractivity contribution in [3.63, 3.8) is 0 Å². The minimum Gasteiger partial charge on any atom is -0.444 e. The number of aromatic nitrogens is 1. The SMILES string of the molecule is CCc1c2c(n(Cc3ccc(NC(=O)OC(C)(C)C)cc3)c1C(=O)ON(C)C)CCCC2=O. The minimum atomic E-state index is -0.580. The number of nitrogens with one attached hydrogen (secondary N) is 1.